The average Bonchev–Trinajstić information content (AvgIpc) is 2.93. The molecule has 0 spiro atoms. The predicted octanol–water partition coefficient (Wildman–Crippen LogP) is 4.15. The lowest BCUT2D eigenvalue weighted by Crippen LogP contribution is -2.44. The summed E-state index contributed by atoms with van der Waals surface area (Å²) in [6, 6.07) is -2.53. The molecule has 242 valence electrons. The van der Waals surface area contributed by atoms with Crippen molar-refractivity contribution in [2.75, 3.05) is 6.54 Å². The number of aliphatic carboxylic acids is 3. The number of rotatable bonds is 28. The Labute approximate surface area is 249 Å². The Hall–Kier alpha value is -3.18. The second kappa shape index (κ2) is 25.5. The molecular weight excluding hydrogens is 546 g/mol. The summed E-state index contributed by atoms with van der Waals surface area (Å²) in [7, 11) is 0. The molecule has 0 unspecified atom stereocenters. The number of unbranched alkanes of at least 4 members (excludes halogenated alkanes) is 12. The lowest BCUT2D eigenvalue weighted by molar-refractivity contribution is -0.143. The third kappa shape index (κ3) is 23.5. The molecular formula is C30H53N3O9. The van der Waals surface area contributed by atoms with Gasteiger partial charge < -0.3 is 31.3 Å². The molecule has 6 N–H and O–H groups in total. The molecule has 0 aromatic carbocycles. The van der Waals surface area contributed by atoms with Crippen LogP contribution in [-0.2, 0) is 28.8 Å². The Kier molecular flexibility index (Phi) is 23.6. The first kappa shape index (κ1) is 38.8. The van der Waals surface area contributed by atoms with Gasteiger partial charge in [-0.1, -0.05) is 77.6 Å². The summed E-state index contributed by atoms with van der Waals surface area (Å²) in [6.07, 6.45) is 13.7. The van der Waals surface area contributed by atoms with Crippen LogP contribution in [0.1, 0.15) is 135 Å². The minimum atomic E-state index is -1.28. The molecule has 42 heavy (non-hydrogen) atoms. The van der Waals surface area contributed by atoms with Crippen LogP contribution in [0.25, 0.3) is 0 Å². The van der Waals surface area contributed by atoms with Gasteiger partial charge in [-0.3, -0.25) is 19.2 Å². The van der Waals surface area contributed by atoms with Gasteiger partial charge in [0.25, 0.3) is 0 Å². The minimum Gasteiger partial charge on any atom is -0.481 e. The van der Waals surface area contributed by atoms with Crippen LogP contribution in [0.5, 0.6) is 0 Å². The molecule has 0 fully saturated rings. The molecule has 0 heterocycles. The van der Waals surface area contributed by atoms with E-state index >= 15 is 0 Å². The normalized spacial score (nSPS) is 12.2. The molecule has 0 bridgehead atoms. The summed E-state index contributed by atoms with van der Waals surface area (Å²) in [5.41, 5.74) is 0. The first-order chi connectivity index (χ1) is 20.1. The van der Waals surface area contributed by atoms with Crippen molar-refractivity contribution in [2.24, 2.45) is 0 Å². The molecule has 0 aliphatic heterocycles. The van der Waals surface area contributed by atoms with Crippen molar-refractivity contribution < 1.29 is 44.1 Å². The van der Waals surface area contributed by atoms with E-state index in [0.717, 1.165) is 77.0 Å². The van der Waals surface area contributed by atoms with Crippen molar-refractivity contribution in [2.45, 2.75) is 147 Å². The molecule has 0 saturated heterocycles. The van der Waals surface area contributed by atoms with Gasteiger partial charge in [0.05, 0.1) is 0 Å². The van der Waals surface area contributed by atoms with E-state index in [-0.39, 0.29) is 44.4 Å². The molecule has 0 aromatic rings. The van der Waals surface area contributed by atoms with E-state index < -0.39 is 41.8 Å². The fourth-order valence-corrected chi connectivity index (χ4v) is 4.42. The van der Waals surface area contributed by atoms with Crippen LogP contribution in [-0.4, -0.2) is 69.6 Å². The van der Waals surface area contributed by atoms with Gasteiger partial charge in [-0.05, 0) is 32.1 Å². The highest BCUT2D eigenvalue weighted by Gasteiger charge is 2.24. The summed E-state index contributed by atoms with van der Waals surface area (Å²) in [4.78, 5) is 69.8. The lowest BCUT2D eigenvalue weighted by Gasteiger charge is -2.17. The van der Waals surface area contributed by atoms with E-state index in [1.165, 1.54) is 6.42 Å². The Morgan fingerprint density at radius 1 is 0.500 bits per heavy atom. The highest BCUT2D eigenvalue weighted by Crippen LogP contribution is 2.13. The maximum absolute atomic E-state index is 12.3. The molecule has 3 amide bonds. The van der Waals surface area contributed by atoms with Crippen LogP contribution < -0.4 is 16.0 Å². The highest BCUT2D eigenvalue weighted by molar-refractivity contribution is 5.86. The van der Waals surface area contributed by atoms with Crippen molar-refractivity contribution in [1.82, 2.24) is 16.0 Å². The van der Waals surface area contributed by atoms with Gasteiger partial charge in [-0.25, -0.2) is 9.59 Å². The smallest absolute Gasteiger partial charge is 0.326 e. The number of carbonyl (C=O) groups excluding carboxylic acids is 3. The third-order valence-corrected chi connectivity index (χ3v) is 6.98. The van der Waals surface area contributed by atoms with Gasteiger partial charge in [-0.15, -0.1) is 0 Å². The van der Waals surface area contributed by atoms with E-state index in [1.807, 2.05) is 6.92 Å². The predicted molar refractivity (Wildman–Crippen MR) is 158 cm³/mol. The van der Waals surface area contributed by atoms with Gasteiger partial charge in [0.15, 0.2) is 0 Å². The number of hydrogen-bond acceptors (Lipinski definition) is 6. The zero-order valence-corrected chi connectivity index (χ0v) is 25.3. The highest BCUT2D eigenvalue weighted by atomic mass is 16.4. The maximum Gasteiger partial charge on any atom is 0.326 e. The van der Waals surface area contributed by atoms with E-state index in [2.05, 4.69) is 16.0 Å². The Morgan fingerprint density at radius 3 is 1.29 bits per heavy atom. The minimum absolute atomic E-state index is 0.0619. The Bertz CT molecular complexity index is 820. The molecule has 0 saturated carbocycles. The van der Waals surface area contributed by atoms with Crippen LogP contribution in [0, 0.1) is 0 Å². The van der Waals surface area contributed by atoms with Gasteiger partial charge in [-0.2, -0.15) is 0 Å². The van der Waals surface area contributed by atoms with Crippen molar-refractivity contribution in [1.29, 1.82) is 0 Å². The quantitative estimate of drug-likeness (QED) is 0.0715. The summed E-state index contributed by atoms with van der Waals surface area (Å²) in [5, 5.41) is 34.9. The van der Waals surface area contributed by atoms with E-state index in [9.17, 15) is 39.0 Å². The van der Waals surface area contributed by atoms with E-state index in [0.29, 0.717) is 13.0 Å². The second-order valence-electron chi connectivity index (χ2n) is 10.8. The van der Waals surface area contributed by atoms with Gasteiger partial charge in [0.1, 0.15) is 12.1 Å². The van der Waals surface area contributed by atoms with E-state index in [1.54, 1.807) is 0 Å². The monoisotopic (exact) mass is 599 g/mol. The van der Waals surface area contributed by atoms with Crippen molar-refractivity contribution in [3.05, 3.63) is 0 Å². The summed E-state index contributed by atoms with van der Waals surface area (Å²) < 4.78 is 0. The Balaban J connectivity index is 4.07. The van der Waals surface area contributed by atoms with Crippen LogP contribution in [0.15, 0.2) is 0 Å². The maximum atomic E-state index is 12.3. The summed E-state index contributed by atoms with van der Waals surface area (Å²) in [5.74, 6) is -4.64. The van der Waals surface area contributed by atoms with Crippen LogP contribution in [0.2, 0.25) is 0 Å². The van der Waals surface area contributed by atoms with Crippen LogP contribution >= 0.6 is 0 Å². The average molecular weight is 600 g/mol. The number of nitrogens with one attached hydrogen (secondary N) is 3. The zero-order chi connectivity index (χ0) is 31.6. The number of amides is 3. The number of carboxylic acids is 3. The Morgan fingerprint density at radius 2 is 0.881 bits per heavy atom. The molecule has 0 aromatic heterocycles. The largest absolute Gasteiger partial charge is 0.481 e. The van der Waals surface area contributed by atoms with Gasteiger partial charge in [0, 0.05) is 32.2 Å². The summed E-state index contributed by atoms with van der Waals surface area (Å²) in [6.45, 7) is 2.48. The van der Waals surface area contributed by atoms with Gasteiger partial charge in [0.2, 0.25) is 17.7 Å². The van der Waals surface area contributed by atoms with E-state index in [4.69, 9.17) is 5.11 Å². The lowest BCUT2D eigenvalue weighted by atomic mass is 10.0. The number of hydrogen-bond donors (Lipinski definition) is 6. The first-order valence-corrected chi connectivity index (χ1v) is 15.6. The molecule has 0 radical (unpaired) electrons. The fourth-order valence-electron chi connectivity index (χ4n) is 4.42. The van der Waals surface area contributed by atoms with Crippen LogP contribution in [0.3, 0.4) is 0 Å². The SMILES string of the molecule is CCCCNC(=O)CC[C@H](NC(=O)CC[C@H](NC(=O)CCCCCCCCCCCCCCC(=O)O)C(=O)O)C(=O)O. The number of carboxylic acid groups (broad SMARTS) is 3. The fraction of sp³-hybridized carbons (Fsp3) is 0.800. The van der Waals surface area contributed by atoms with Crippen molar-refractivity contribution in [3.63, 3.8) is 0 Å². The molecule has 2 atom stereocenters. The third-order valence-electron chi connectivity index (χ3n) is 6.98. The molecule has 12 heteroatoms. The van der Waals surface area contributed by atoms with Crippen LogP contribution in [0.4, 0.5) is 0 Å². The second-order valence-corrected chi connectivity index (χ2v) is 10.8. The molecule has 0 rings (SSSR count). The molecule has 0 aliphatic carbocycles. The van der Waals surface area contributed by atoms with Crippen molar-refractivity contribution in [3.8, 4) is 0 Å². The zero-order valence-electron chi connectivity index (χ0n) is 25.3. The van der Waals surface area contributed by atoms with Gasteiger partial charge >= 0.3 is 17.9 Å². The van der Waals surface area contributed by atoms with Crippen molar-refractivity contribution >= 4 is 35.6 Å². The molecule has 12 nitrogen and oxygen atoms in total. The first-order valence-electron chi connectivity index (χ1n) is 15.6. The number of carbonyl (C=O) groups is 6. The summed E-state index contributed by atoms with van der Waals surface area (Å²) >= 11 is 0. The standard InChI is InChI=1S/C30H53N3O9/c1-2-3-22-31-25(34)20-18-23(29(39)40)33-27(36)21-19-24(30(41)42)32-26(35)16-14-12-10-8-6-4-5-7-9-11-13-15-17-28(37)38/h23-24H,2-22H2,1H3,(H,31,34)(H,32,35)(H,33,36)(H,37,38)(H,39,40)(H,41,42)/t23-,24-/m0/s1. The topological polar surface area (TPSA) is 199 Å². The molecule has 0 aliphatic rings.